The van der Waals surface area contributed by atoms with Gasteiger partial charge in [0.2, 0.25) is 5.82 Å². The molecule has 0 unspecified atom stereocenters. The maximum Gasteiger partial charge on any atom is 0.323 e. The molecule has 0 bridgehead atoms. The Bertz CT molecular complexity index is 654. The molecule has 0 fully saturated rings. The summed E-state index contributed by atoms with van der Waals surface area (Å²) in [4.78, 5) is 17.2. The third-order valence-electron chi connectivity index (χ3n) is 2.00. The van der Waals surface area contributed by atoms with Crippen molar-refractivity contribution in [3.63, 3.8) is 0 Å². The summed E-state index contributed by atoms with van der Waals surface area (Å²) in [6.45, 7) is 0. The predicted octanol–water partition coefficient (Wildman–Crippen LogP) is 3.62. The van der Waals surface area contributed by atoms with Crippen LogP contribution in [0.15, 0.2) is 24.4 Å². The third-order valence-corrected chi connectivity index (χ3v) is 2.50. The Labute approximate surface area is 115 Å². The van der Waals surface area contributed by atoms with Gasteiger partial charge in [0.1, 0.15) is 5.15 Å². The highest BCUT2D eigenvalue weighted by atomic mass is 35.5. The molecule has 1 aromatic heterocycles. The molecule has 98 valence electrons. The zero-order chi connectivity index (χ0) is 14.0. The van der Waals surface area contributed by atoms with Crippen molar-refractivity contribution in [3.8, 4) is 11.8 Å². The van der Waals surface area contributed by atoms with E-state index >= 15 is 0 Å². The molecule has 19 heavy (non-hydrogen) atoms. The second kappa shape index (κ2) is 5.33. The standard InChI is InChI=1S/C10H4Cl2FN3O3/c11-5-3-6(13)7(16(17)18)4-8(5)19-10-14-2-1-9(12)15-10/h1-4H. The van der Waals surface area contributed by atoms with Crippen LogP contribution in [0.25, 0.3) is 0 Å². The third kappa shape index (κ3) is 3.07. The van der Waals surface area contributed by atoms with Gasteiger partial charge in [-0.3, -0.25) is 10.1 Å². The minimum absolute atomic E-state index is 0.123. The minimum Gasteiger partial charge on any atom is -0.422 e. The van der Waals surface area contributed by atoms with Gasteiger partial charge in [-0.2, -0.15) is 9.37 Å². The second-order valence-electron chi connectivity index (χ2n) is 3.26. The van der Waals surface area contributed by atoms with E-state index in [4.69, 9.17) is 27.9 Å². The summed E-state index contributed by atoms with van der Waals surface area (Å²) >= 11 is 11.3. The number of nitro benzene ring substituents is 1. The topological polar surface area (TPSA) is 78.2 Å². The summed E-state index contributed by atoms with van der Waals surface area (Å²) in [6.07, 6.45) is 1.33. The van der Waals surface area contributed by atoms with E-state index in [9.17, 15) is 14.5 Å². The van der Waals surface area contributed by atoms with Crippen molar-refractivity contribution in [2.24, 2.45) is 0 Å². The molecule has 0 radical (unpaired) electrons. The Hall–Kier alpha value is -1.99. The van der Waals surface area contributed by atoms with Gasteiger partial charge in [0.05, 0.1) is 16.0 Å². The van der Waals surface area contributed by atoms with Crippen molar-refractivity contribution in [3.05, 3.63) is 50.5 Å². The SMILES string of the molecule is O=[N+]([O-])c1cc(Oc2nccc(Cl)n2)c(Cl)cc1F. The van der Waals surface area contributed by atoms with Crippen molar-refractivity contribution in [1.29, 1.82) is 0 Å². The van der Waals surface area contributed by atoms with Gasteiger partial charge >= 0.3 is 11.7 Å². The molecule has 0 aliphatic heterocycles. The quantitative estimate of drug-likeness (QED) is 0.491. The van der Waals surface area contributed by atoms with E-state index in [1.807, 2.05) is 0 Å². The van der Waals surface area contributed by atoms with Gasteiger partial charge in [-0.05, 0) is 6.07 Å². The lowest BCUT2D eigenvalue weighted by Crippen LogP contribution is -1.96. The number of aromatic nitrogens is 2. The van der Waals surface area contributed by atoms with Crippen LogP contribution in [-0.4, -0.2) is 14.9 Å². The van der Waals surface area contributed by atoms with Crippen molar-refractivity contribution in [2.75, 3.05) is 0 Å². The summed E-state index contributed by atoms with van der Waals surface area (Å²) in [6, 6.07) is 2.89. The summed E-state index contributed by atoms with van der Waals surface area (Å²) in [5.41, 5.74) is -0.763. The Balaban J connectivity index is 2.40. The van der Waals surface area contributed by atoms with Crippen molar-refractivity contribution >= 4 is 28.9 Å². The molecule has 9 heteroatoms. The van der Waals surface area contributed by atoms with Crippen LogP contribution < -0.4 is 4.74 Å². The van der Waals surface area contributed by atoms with Crippen LogP contribution in [0, 0.1) is 15.9 Å². The van der Waals surface area contributed by atoms with Crippen LogP contribution in [0.4, 0.5) is 10.1 Å². The first-order chi connectivity index (χ1) is 8.97. The maximum atomic E-state index is 13.3. The lowest BCUT2D eigenvalue weighted by Gasteiger charge is -2.06. The molecule has 0 spiro atoms. The molecular formula is C10H4Cl2FN3O3. The molecule has 0 atom stereocenters. The largest absolute Gasteiger partial charge is 0.422 e. The number of rotatable bonds is 3. The summed E-state index contributed by atoms with van der Waals surface area (Å²) in [5, 5.41) is 10.6. The average molecular weight is 304 g/mol. The fourth-order valence-corrected chi connectivity index (χ4v) is 1.52. The molecule has 1 aromatic carbocycles. The Kier molecular flexibility index (Phi) is 3.77. The van der Waals surface area contributed by atoms with Gasteiger partial charge in [0.25, 0.3) is 0 Å². The molecule has 2 rings (SSSR count). The van der Waals surface area contributed by atoms with E-state index in [2.05, 4.69) is 9.97 Å². The van der Waals surface area contributed by atoms with Crippen LogP contribution in [0.3, 0.4) is 0 Å². The first kappa shape index (κ1) is 13.4. The first-order valence-electron chi connectivity index (χ1n) is 4.77. The zero-order valence-corrected chi connectivity index (χ0v) is 10.5. The first-order valence-corrected chi connectivity index (χ1v) is 5.53. The second-order valence-corrected chi connectivity index (χ2v) is 4.05. The molecule has 6 nitrogen and oxygen atoms in total. The van der Waals surface area contributed by atoms with E-state index in [1.54, 1.807) is 0 Å². The van der Waals surface area contributed by atoms with Gasteiger partial charge < -0.3 is 4.74 Å². The predicted molar refractivity (Wildman–Crippen MR) is 65.2 cm³/mol. The molecule has 1 heterocycles. The van der Waals surface area contributed by atoms with Crippen LogP contribution in [0.2, 0.25) is 10.2 Å². The highest BCUT2D eigenvalue weighted by Crippen LogP contribution is 2.33. The highest BCUT2D eigenvalue weighted by Gasteiger charge is 2.19. The monoisotopic (exact) mass is 303 g/mol. The summed E-state index contributed by atoms with van der Waals surface area (Å²) < 4.78 is 18.4. The Morgan fingerprint density at radius 3 is 2.74 bits per heavy atom. The van der Waals surface area contributed by atoms with Gasteiger partial charge in [-0.25, -0.2) is 4.98 Å². The van der Waals surface area contributed by atoms with Crippen LogP contribution in [0.5, 0.6) is 11.8 Å². The smallest absolute Gasteiger partial charge is 0.323 e. The summed E-state index contributed by atoms with van der Waals surface area (Å²) in [5.74, 6) is -1.20. The molecule has 0 aliphatic rings. The highest BCUT2D eigenvalue weighted by molar-refractivity contribution is 6.32. The normalized spacial score (nSPS) is 10.3. The molecular weight excluding hydrogens is 300 g/mol. The van der Waals surface area contributed by atoms with Crippen LogP contribution in [0.1, 0.15) is 0 Å². The van der Waals surface area contributed by atoms with Gasteiger partial charge in [-0.15, -0.1) is 0 Å². The van der Waals surface area contributed by atoms with Gasteiger partial charge in [0.15, 0.2) is 5.75 Å². The fourth-order valence-electron chi connectivity index (χ4n) is 1.20. The molecule has 0 saturated heterocycles. The van der Waals surface area contributed by atoms with E-state index in [1.165, 1.54) is 12.3 Å². The van der Waals surface area contributed by atoms with Crippen LogP contribution in [-0.2, 0) is 0 Å². The van der Waals surface area contributed by atoms with Crippen molar-refractivity contribution in [2.45, 2.75) is 0 Å². The molecule has 0 N–H and O–H groups in total. The molecule has 2 aromatic rings. The zero-order valence-electron chi connectivity index (χ0n) is 9.01. The molecule has 0 amide bonds. The fraction of sp³-hybridized carbons (Fsp3) is 0. The van der Waals surface area contributed by atoms with Crippen LogP contribution >= 0.6 is 23.2 Å². The number of hydrogen-bond acceptors (Lipinski definition) is 5. The summed E-state index contributed by atoms with van der Waals surface area (Å²) in [7, 11) is 0. The minimum atomic E-state index is -1.06. The van der Waals surface area contributed by atoms with E-state index in [0.29, 0.717) is 0 Å². The number of nitro groups is 1. The van der Waals surface area contributed by atoms with E-state index in [0.717, 1.165) is 12.1 Å². The number of hydrogen-bond donors (Lipinski definition) is 0. The number of benzene rings is 1. The number of halogens is 3. The van der Waals surface area contributed by atoms with Crippen molar-refractivity contribution < 1.29 is 14.1 Å². The Morgan fingerprint density at radius 1 is 1.37 bits per heavy atom. The molecule has 0 saturated carbocycles. The van der Waals surface area contributed by atoms with Gasteiger partial charge in [-0.1, -0.05) is 23.2 Å². The van der Waals surface area contributed by atoms with Gasteiger partial charge in [0, 0.05) is 12.3 Å². The lowest BCUT2D eigenvalue weighted by molar-refractivity contribution is -0.387. The van der Waals surface area contributed by atoms with Crippen molar-refractivity contribution in [1.82, 2.24) is 9.97 Å². The lowest BCUT2D eigenvalue weighted by atomic mass is 10.3. The Morgan fingerprint density at radius 2 is 2.11 bits per heavy atom. The van der Waals surface area contributed by atoms with E-state index < -0.39 is 16.4 Å². The molecule has 0 aliphatic carbocycles. The number of nitrogens with zero attached hydrogens (tertiary/aromatic N) is 3. The average Bonchev–Trinajstić information content (AvgIpc) is 2.32. The van der Waals surface area contributed by atoms with E-state index in [-0.39, 0.29) is 21.9 Å². The number of ether oxygens (including phenoxy) is 1. The maximum absolute atomic E-state index is 13.3.